The molecule has 2 heterocycles. The van der Waals surface area contributed by atoms with E-state index < -0.39 is 0 Å². The van der Waals surface area contributed by atoms with Crippen molar-refractivity contribution in [3.63, 3.8) is 0 Å². The van der Waals surface area contributed by atoms with E-state index >= 15 is 0 Å². The first-order valence-electron chi connectivity index (χ1n) is 9.05. The van der Waals surface area contributed by atoms with Crippen molar-refractivity contribution >= 4 is 0 Å². The summed E-state index contributed by atoms with van der Waals surface area (Å²) in [5.74, 6) is 0. The van der Waals surface area contributed by atoms with Gasteiger partial charge in [-0.1, -0.05) is 64.1 Å². The largest absolute Gasteiger partial charge is 0.239 e. The molecule has 0 unspecified atom stereocenters. The summed E-state index contributed by atoms with van der Waals surface area (Å²) in [4.78, 5) is 0. The average Bonchev–Trinajstić information content (AvgIpc) is 2.92. The minimum absolute atomic E-state index is 0.0264. The second kappa shape index (κ2) is 5.08. The Morgan fingerprint density at radius 3 is 2.20 bits per heavy atom. The van der Waals surface area contributed by atoms with E-state index in [0.717, 1.165) is 0 Å². The molecule has 0 bridgehead atoms. The van der Waals surface area contributed by atoms with Crippen LogP contribution in [0.25, 0.3) is 16.9 Å². The molecule has 0 spiro atoms. The van der Waals surface area contributed by atoms with Crippen LogP contribution in [-0.2, 0) is 17.9 Å². The molecule has 2 aromatic carbocycles. The predicted octanol–water partition coefficient (Wildman–Crippen LogP) is 4.85. The zero-order valence-electron chi connectivity index (χ0n) is 16.1. The molecule has 128 valence electrons. The molecule has 0 saturated heterocycles. The third-order valence-electron chi connectivity index (χ3n) is 6.55. The minimum Gasteiger partial charge on any atom is -0.124 e. The van der Waals surface area contributed by atoms with Crippen LogP contribution >= 0.6 is 0 Å². The highest BCUT2D eigenvalue weighted by molar-refractivity contribution is 5.61. The molecule has 1 aliphatic rings. The first-order valence-corrected chi connectivity index (χ1v) is 9.05. The molecule has 1 aliphatic heterocycles. The van der Waals surface area contributed by atoms with Gasteiger partial charge in [0.25, 0.3) is 0 Å². The van der Waals surface area contributed by atoms with Gasteiger partial charge in [-0.05, 0) is 30.2 Å². The van der Waals surface area contributed by atoms with Crippen LogP contribution in [0.3, 0.4) is 0 Å². The predicted molar refractivity (Wildman–Crippen MR) is 103 cm³/mol. The third-order valence-corrected chi connectivity index (χ3v) is 6.55. The number of hydrogen-bond acceptors (Lipinski definition) is 0. The molecule has 0 radical (unpaired) electrons. The van der Waals surface area contributed by atoms with E-state index in [1.165, 1.54) is 33.8 Å². The van der Waals surface area contributed by atoms with Crippen LogP contribution in [0.15, 0.2) is 54.6 Å². The molecule has 1 aromatic heterocycles. The van der Waals surface area contributed by atoms with Crippen molar-refractivity contribution in [3.05, 3.63) is 71.4 Å². The SMILES string of the molecule is Cc1cccc2c1-n1c(cc(-c3ccccc3)[n+]1C)C(C)(C)C2(C)C. The van der Waals surface area contributed by atoms with Gasteiger partial charge >= 0.3 is 0 Å². The van der Waals surface area contributed by atoms with E-state index in [9.17, 15) is 0 Å². The van der Waals surface area contributed by atoms with E-state index in [0.29, 0.717) is 0 Å². The Morgan fingerprint density at radius 2 is 1.52 bits per heavy atom. The van der Waals surface area contributed by atoms with Gasteiger partial charge in [-0.25, -0.2) is 0 Å². The number of hydrogen-bond donors (Lipinski definition) is 0. The molecule has 0 atom stereocenters. The van der Waals surface area contributed by atoms with Crippen LogP contribution in [0.2, 0.25) is 0 Å². The number of aromatic nitrogens is 2. The lowest BCUT2D eigenvalue weighted by Gasteiger charge is -2.46. The van der Waals surface area contributed by atoms with Crippen LogP contribution in [0.1, 0.15) is 44.5 Å². The van der Waals surface area contributed by atoms with Crippen molar-refractivity contribution < 1.29 is 4.68 Å². The fourth-order valence-electron chi connectivity index (χ4n) is 4.25. The Morgan fingerprint density at radius 1 is 0.840 bits per heavy atom. The van der Waals surface area contributed by atoms with Gasteiger partial charge in [-0.3, -0.25) is 0 Å². The summed E-state index contributed by atoms with van der Waals surface area (Å²) in [7, 11) is 2.18. The molecule has 4 rings (SSSR count). The molecular formula is C23H27N2+. The van der Waals surface area contributed by atoms with E-state index in [1.807, 2.05) is 0 Å². The second-order valence-corrected chi connectivity index (χ2v) is 8.34. The molecule has 2 nitrogen and oxygen atoms in total. The molecule has 2 heteroatoms. The Labute approximate surface area is 150 Å². The van der Waals surface area contributed by atoms with Gasteiger partial charge in [-0.15, -0.1) is 9.36 Å². The van der Waals surface area contributed by atoms with Gasteiger partial charge in [0, 0.05) is 22.5 Å². The summed E-state index contributed by atoms with van der Waals surface area (Å²) < 4.78 is 4.74. The van der Waals surface area contributed by atoms with Crippen LogP contribution in [0, 0.1) is 6.92 Å². The summed E-state index contributed by atoms with van der Waals surface area (Å²) in [5, 5.41) is 0. The average molecular weight is 331 g/mol. The van der Waals surface area contributed by atoms with Gasteiger partial charge in [0.2, 0.25) is 5.69 Å². The number of fused-ring (bicyclic) bond motifs is 3. The minimum atomic E-state index is 0.0264. The molecule has 0 saturated carbocycles. The van der Waals surface area contributed by atoms with Crippen molar-refractivity contribution in [1.29, 1.82) is 0 Å². The first kappa shape index (κ1) is 16.1. The third kappa shape index (κ3) is 2.00. The monoisotopic (exact) mass is 331 g/mol. The lowest BCUT2D eigenvalue weighted by Crippen LogP contribution is -2.51. The van der Waals surface area contributed by atoms with Crippen molar-refractivity contribution in [3.8, 4) is 16.9 Å². The van der Waals surface area contributed by atoms with E-state index in [-0.39, 0.29) is 10.8 Å². The summed E-state index contributed by atoms with van der Waals surface area (Å²) in [5.41, 5.74) is 8.07. The number of benzene rings is 2. The Balaban J connectivity index is 2.11. The zero-order valence-corrected chi connectivity index (χ0v) is 16.1. The van der Waals surface area contributed by atoms with Gasteiger partial charge < -0.3 is 0 Å². The van der Waals surface area contributed by atoms with E-state index in [1.54, 1.807) is 0 Å². The van der Waals surface area contributed by atoms with E-state index in [4.69, 9.17) is 0 Å². The summed E-state index contributed by atoms with van der Waals surface area (Å²) in [6.07, 6.45) is 0. The summed E-state index contributed by atoms with van der Waals surface area (Å²) in [6.45, 7) is 11.7. The fourth-order valence-corrected chi connectivity index (χ4v) is 4.25. The van der Waals surface area contributed by atoms with Crippen LogP contribution in [0.5, 0.6) is 0 Å². The molecule has 0 fully saturated rings. The van der Waals surface area contributed by atoms with Crippen LogP contribution in [0.4, 0.5) is 0 Å². The quantitative estimate of drug-likeness (QED) is 0.564. The Kier molecular flexibility index (Phi) is 3.28. The van der Waals surface area contributed by atoms with Crippen molar-refractivity contribution in [2.45, 2.75) is 45.4 Å². The number of para-hydroxylation sites is 1. The maximum atomic E-state index is 2.43. The lowest BCUT2D eigenvalue weighted by atomic mass is 9.60. The highest BCUT2D eigenvalue weighted by Gasteiger charge is 2.50. The van der Waals surface area contributed by atoms with Crippen molar-refractivity contribution in [2.75, 3.05) is 0 Å². The molecule has 0 amide bonds. The molecule has 0 N–H and O–H groups in total. The Hall–Kier alpha value is -2.35. The van der Waals surface area contributed by atoms with Gasteiger partial charge in [0.15, 0.2) is 7.05 Å². The van der Waals surface area contributed by atoms with Crippen LogP contribution < -0.4 is 4.68 Å². The highest BCUT2D eigenvalue weighted by atomic mass is 15.4. The molecular weight excluding hydrogens is 304 g/mol. The summed E-state index contributed by atoms with van der Waals surface area (Å²) >= 11 is 0. The van der Waals surface area contributed by atoms with Crippen molar-refractivity contribution in [2.24, 2.45) is 7.05 Å². The van der Waals surface area contributed by atoms with Crippen molar-refractivity contribution in [1.82, 2.24) is 4.68 Å². The number of aryl methyl sites for hydroxylation is 1. The maximum Gasteiger partial charge on any atom is 0.239 e. The standard InChI is InChI=1S/C23H27N2/c1-16-11-10-14-18-21(16)25-20(23(4,5)22(18,2)3)15-19(24(25)6)17-12-8-7-9-13-17/h7-15H,1-6H3/q+1. The first-order chi connectivity index (χ1) is 11.8. The maximum absolute atomic E-state index is 2.43. The topological polar surface area (TPSA) is 8.81 Å². The Bertz CT molecular complexity index is 959. The van der Waals surface area contributed by atoms with Crippen LogP contribution in [-0.4, -0.2) is 4.68 Å². The zero-order chi connectivity index (χ0) is 18.0. The number of rotatable bonds is 1. The molecule has 25 heavy (non-hydrogen) atoms. The smallest absolute Gasteiger partial charge is 0.124 e. The highest BCUT2D eigenvalue weighted by Crippen LogP contribution is 2.50. The molecule has 0 aliphatic carbocycles. The van der Waals surface area contributed by atoms with Gasteiger partial charge in [0.05, 0.1) is 5.69 Å². The summed E-state index contributed by atoms with van der Waals surface area (Å²) in [6, 6.07) is 19.8. The lowest BCUT2D eigenvalue weighted by molar-refractivity contribution is -0.735. The normalized spacial score (nSPS) is 17.0. The van der Waals surface area contributed by atoms with E-state index in [2.05, 4.69) is 106 Å². The van der Waals surface area contributed by atoms with Gasteiger partial charge in [0.1, 0.15) is 5.69 Å². The molecule has 3 aromatic rings. The fraction of sp³-hybridized carbons (Fsp3) is 0.348. The van der Waals surface area contributed by atoms with Gasteiger partial charge in [-0.2, -0.15) is 0 Å². The number of nitrogens with zero attached hydrogens (tertiary/aromatic N) is 2. The second-order valence-electron chi connectivity index (χ2n) is 8.34.